The van der Waals surface area contributed by atoms with Gasteiger partial charge in [-0.05, 0) is 48.9 Å². The maximum atomic E-state index is 5.97. The van der Waals surface area contributed by atoms with Crippen molar-refractivity contribution < 1.29 is 0 Å². The molecule has 2 N–H and O–H groups in total. The van der Waals surface area contributed by atoms with Crippen molar-refractivity contribution in [2.24, 2.45) is 10.9 Å². The zero-order valence-electron chi connectivity index (χ0n) is 11.0. The quantitative estimate of drug-likeness (QED) is 0.647. The van der Waals surface area contributed by atoms with Crippen LogP contribution in [-0.4, -0.2) is 26.1 Å². The zero-order valence-corrected chi connectivity index (χ0v) is 12.6. The Morgan fingerprint density at radius 1 is 1.21 bits per heavy atom. The lowest BCUT2D eigenvalue weighted by Gasteiger charge is -2.11. The van der Waals surface area contributed by atoms with Gasteiger partial charge in [0.1, 0.15) is 0 Å². The van der Waals surface area contributed by atoms with E-state index in [1.807, 2.05) is 12.1 Å². The van der Waals surface area contributed by atoms with E-state index in [0.717, 1.165) is 37.0 Å². The SMILES string of the molecule is CN=C(NCCc1cc(Cl)cc(Cl)c1)NCC1CC1. The third-order valence-corrected chi connectivity index (χ3v) is 3.54. The number of benzene rings is 1. The molecule has 0 amide bonds. The van der Waals surface area contributed by atoms with Crippen LogP contribution in [0.1, 0.15) is 18.4 Å². The molecule has 0 bridgehead atoms. The molecule has 1 aliphatic rings. The maximum absolute atomic E-state index is 5.97. The highest BCUT2D eigenvalue weighted by atomic mass is 35.5. The molecular weight excluding hydrogens is 281 g/mol. The van der Waals surface area contributed by atoms with Gasteiger partial charge in [0.15, 0.2) is 5.96 Å². The van der Waals surface area contributed by atoms with E-state index in [2.05, 4.69) is 15.6 Å². The van der Waals surface area contributed by atoms with E-state index in [1.165, 1.54) is 12.8 Å². The van der Waals surface area contributed by atoms with Crippen LogP contribution >= 0.6 is 23.2 Å². The van der Waals surface area contributed by atoms with Crippen molar-refractivity contribution in [3.63, 3.8) is 0 Å². The van der Waals surface area contributed by atoms with E-state index in [0.29, 0.717) is 10.0 Å². The molecule has 0 atom stereocenters. The van der Waals surface area contributed by atoms with Gasteiger partial charge in [0.2, 0.25) is 0 Å². The summed E-state index contributed by atoms with van der Waals surface area (Å²) in [6.45, 7) is 1.82. The van der Waals surface area contributed by atoms with Crippen molar-refractivity contribution in [2.45, 2.75) is 19.3 Å². The summed E-state index contributed by atoms with van der Waals surface area (Å²) < 4.78 is 0. The van der Waals surface area contributed by atoms with Crippen LogP contribution < -0.4 is 10.6 Å². The summed E-state index contributed by atoms with van der Waals surface area (Å²) in [5.74, 6) is 1.70. The van der Waals surface area contributed by atoms with E-state index in [4.69, 9.17) is 23.2 Å². The van der Waals surface area contributed by atoms with E-state index in [-0.39, 0.29) is 0 Å². The molecule has 0 heterocycles. The van der Waals surface area contributed by atoms with Crippen LogP contribution in [0.25, 0.3) is 0 Å². The number of halogens is 2. The molecule has 5 heteroatoms. The van der Waals surface area contributed by atoms with Gasteiger partial charge in [0, 0.05) is 30.2 Å². The number of rotatable bonds is 5. The van der Waals surface area contributed by atoms with Crippen molar-refractivity contribution in [1.29, 1.82) is 0 Å². The predicted molar refractivity (Wildman–Crippen MR) is 82.3 cm³/mol. The van der Waals surface area contributed by atoms with E-state index in [9.17, 15) is 0 Å². The molecule has 1 aromatic carbocycles. The zero-order chi connectivity index (χ0) is 13.7. The highest BCUT2D eigenvalue weighted by molar-refractivity contribution is 6.34. The Balaban J connectivity index is 1.74. The molecule has 1 fully saturated rings. The van der Waals surface area contributed by atoms with Crippen molar-refractivity contribution >= 4 is 29.2 Å². The maximum Gasteiger partial charge on any atom is 0.190 e. The standard InChI is InChI=1S/C14H19Cl2N3/c1-17-14(19-9-10-2-3-10)18-5-4-11-6-12(15)8-13(16)7-11/h6-8,10H,2-5,9H2,1H3,(H2,17,18,19). The van der Waals surface area contributed by atoms with Crippen molar-refractivity contribution in [2.75, 3.05) is 20.1 Å². The second-order valence-corrected chi connectivity index (χ2v) is 5.72. The van der Waals surface area contributed by atoms with E-state index >= 15 is 0 Å². The smallest absolute Gasteiger partial charge is 0.190 e. The van der Waals surface area contributed by atoms with Gasteiger partial charge >= 0.3 is 0 Å². The molecule has 19 heavy (non-hydrogen) atoms. The Hall–Kier alpha value is -0.930. The summed E-state index contributed by atoms with van der Waals surface area (Å²) in [6, 6.07) is 5.63. The van der Waals surface area contributed by atoms with Crippen molar-refractivity contribution in [3.05, 3.63) is 33.8 Å². The lowest BCUT2D eigenvalue weighted by molar-refractivity contribution is 0.734. The van der Waals surface area contributed by atoms with Crippen LogP contribution in [-0.2, 0) is 6.42 Å². The fourth-order valence-electron chi connectivity index (χ4n) is 1.86. The molecule has 104 valence electrons. The molecular formula is C14H19Cl2N3. The Labute approximate surface area is 124 Å². The minimum atomic E-state index is 0.679. The molecule has 0 spiro atoms. The van der Waals surface area contributed by atoms with Gasteiger partial charge in [-0.15, -0.1) is 0 Å². The van der Waals surface area contributed by atoms with Gasteiger partial charge in [0.05, 0.1) is 0 Å². The second-order valence-electron chi connectivity index (χ2n) is 4.85. The van der Waals surface area contributed by atoms with Crippen LogP contribution in [0.3, 0.4) is 0 Å². The van der Waals surface area contributed by atoms with Crippen molar-refractivity contribution in [3.8, 4) is 0 Å². The van der Waals surface area contributed by atoms with Crippen molar-refractivity contribution in [1.82, 2.24) is 10.6 Å². The lowest BCUT2D eigenvalue weighted by atomic mass is 10.1. The summed E-state index contributed by atoms with van der Waals surface area (Å²) in [5, 5.41) is 7.98. The monoisotopic (exact) mass is 299 g/mol. The van der Waals surface area contributed by atoms with Gasteiger partial charge in [-0.25, -0.2) is 0 Å². The molecule has 1 aliphatic carbocycles. The van der Waals surface area contributed by atoms with Gasteiger partial charge in [0.25, 0.3) is 0 Å². The summed E-state index contributed by atoms with van der Waals surface area (Å²) in [4.78, 5) is 4.20. The number of hydrogen-bond donors (Lipinski definition) is 2. The molecule has 2 rings (SSSR count). The lowest BCUT2D eigenvalue weighted by Crippen LogP contribution is -2.39. The summed E-state index contributed by atoms with van der Waals surface area (Å²) in [7, 11) is 1.79. The first kappa shape index (κ1) is 14.5. The number of guanidine groups is 1. The first-order valence-electron chi connectivity index (χ1n) is 6.57. The molecule has 0 aliphatic heterocycles. The Kier molecular flexibility index (Phi) is 5.34. The van der Waals surface area contributed by atoms with Crippen LogP contribution in [0.2, 0.25) is 10.0 Å². The Morgan fingerprint density at radius 2 is 1.89 bits per heavy atom. The van der Waals surface area contributed by atoms with Gasteiger partial charge in [-0.1, -0.05) is 23.2 Å². The fraction of sp³-hybridized carbons (Fsp3) is 0.500. The van der Waals surface area contributed by atoms with Crippen LogP contribution in [0.5, 0.6) is 0 Å². The number of nitrogens with zero attached hydrogens (tertiary/aromatic N) is 1. The van der Waals surface area contributed by atoms with Gasteiger partial charge in [-0.2, -0.15) is 0 Å². The van der Waals surface area contributed by atoms with E-state index < -0.39 is 0 Å². The minimum Gasteiger partial charge on any atom is -0.356 e. The molecule has 0 radical (unpaired) electrons. The molecule has 3 nitrogen and oxygen atoms in total. The first-order valence-corrected chi connectivity index (χ1v) is 7.32. The third kappa shape index (κ3) is 5.29. The average Bonchev–Trinajstić information content (AvgIpc) is 3.16. The molecule has 0 aromatic heterocycles. The Morgan fingerprint density at radius 3 is 2.47 bits per heavy atom. The van der Waals surface area contributed by atoms with Gasteiger partial charge < -0.3 is 10.6 Å². The number of hydrogen-bond acceptors (Lipinski definition) is 1. The molecule has 1 aromatic rings. The molecule has 0 unspecified atom stereocenters. The molecule has 1 saturated carbocycles. The average molecular weight is 300 g/mol. The third-order valence-electron chi connectivity index (χ3n) is 3.11. The minimum absolute atomic E-state index is 0.679. The fourth-order valence-corrected chi connectivity index (χ4v) is 2.44. The van der Waals surface area contributed by atoms with Gasteiger partial charge in [-0.3, -0.25) is 4.99 Å². The first-order chi connectivity index (χ1) is 9.17. The number of nitrogens with one attached hydrogen (secondary N) is 2. The largest absolute Gasteiger partial charge is 0.356 e. The van der Waals surface area contributed by atoms with E-state index in [1.54, 1.807) is 13.1 Å². The van der Waals surface area contributed by atoms with Crippen LogP contribution in [0.4, 0.5) is 0 Å². The Bertz CT molecular complexity index is 436. The topological polar surface area (TPSA) is 36.4 Å². The summed E-state index contributed by atoms with van der Waals surface area (Å²) >= 11 is 11.9. The molecule has 0 saturated heterocycles. The highest BCUT2D eigenvalue weighted by Gasteiger charge is 2.20. The van der Waals surface area contributed by atoms with Crippen LogP contribution in [0.15, 0.2) is 23.2 Å². The normalized spacial score (nSPS) is 15.4. The highest BCUT2D eigenvalue weighted by Crippen LogP contribution is 2.27. The summed E-state index contributed by atoms with van der Waals surface area (Å²) in [6.07, 6.45) is 3.54. The second kappa shape index (κ2) is 7.01. The van der Waals surface area contributed by atoms with Crippen LogP contribution in [0, 0.1) is 5.92 Å². The summed E-state index contributed by atoms with van der Waals surface area (Å²) in [5.41, 5.74) is 1.13. The predicted octanol–water partition coefficient (Wildman–Crippen LogP) is 3.11. The number of aliphatic imine (C=N–C) groups is 1.